The van der Waals surface area contributed by atoms with Crippen LogP contribution in [0.25, 0.3) is 5.76 Å². The minimum absolute atomic E-state index is 0.263. The van der Waals surface area contributed by atoms with Gasteiger partial charge in [-0.05, 0) is 25.1 Å². The van der Waals surface area contributed by atoms with Crippen LogP contribution in [0.1, 0.15) is 12.5 Å². The molecule has 0 atom stereocenters. The highest BCUT2D eigenvalue weighted by atomic mass is 19.4. The molecule has 0 saturated carbocycles. The van der Waals surface area contributed by atoms with Crippen LogP contribution in [-0.4, -0.2) is 13.5 Å². The summed E-state index contributed by atoms with van der Waals surface area (Å²) in [7, 11) is 1.45. The van der Waals surface area contributed by atoms with Gasteiger partial charge in [0.1, 0.15) is 11.5 Å². The third-order valence-electron chi connectivity index (χ3n) is 1.83. The molecular weight excluding hydrogens is 221 g/mol. The van der Waals surface area contributed by atoms with Gasteiger partial charge in [0.2, 0.25) is 0 Å². The zero-order valence-corrected chi connectivity index (χ0v) is 8.84. The predicted octanol–water partition coefficient (Wildman–Crippen LogP) is 3.59. The molecule has 0 aliphatic rings. The number of ether oxygens (including phenoxy) is 2. The van der Waals surface area contributed by atoms with Gasteiger partial charge in [0, 0.05) is 5.56 Å². The van der Waals surface area contributed by atoms with E-state index in [-0.39, 0.29) is 5.75 Å². The van der Waals surface area contributed by atoms with Gasteiger partial charge in [0.15, 0.2) is 0 Å². The van der Waals surface area contributed by atoms with Gasteiger partial charge in [-0.15, -0.1) is 13.2 Å². The van der Waals surface area contributed by atoms with Gasteiger partial charge in [-0.1, -0.05) is 12.1 Å². The topological polar surface area (TPSA) is 18.5 Å². The molecule has 1 rings (SSSR count). The lowest BCUT2D eigenvalue weighted by Crippen LogP contribution is -2.17. The first-order valence-corrected chi connectivity index (χ1v) is 4.52. The Labute approximate surface area is 91.3 Å². The number of rotatable bonds is 3. The molecule has 0 aromatic heterocycles. The van der Waals surface area contributed by atoms with Crippen molar-refractivity contribution < 1.29 is 22.6 Å². The monoisotopic (exact) mass is 232 g/mol. The predicted molar refractivity (Wildman–Crippen MR) is 53.8 cm³/mol. The number of alkyl halides is 3. The van der Waals surface area contributed by atoms with Crippen LogP contribution in [0.3, 0.4) is 0 Å². The zero-order chi connectivity index (χ0) is 12.2. The number of benzene rings is 1. The van der Waals surface area contributed by atoms with E-state index in [0.29, 0.717) is 11.3 Å². The van der Waals surface area contributed by atoms with Crippen molar-refractivity contribution in [2.45, 2.75) is 13.3 Å². The summed E-state index contributed by atoms with van der Waals surface area (Å²) in [5.74, 6) is 0.231. The summed E-state index contributed by atoms with van der Waals surface area (Å²) in [6, 6.07) is 5.62. The van der Waals surface area contributed by atoms with Gasteiger partial charge in [-0.25, -0.2) is 0 Å². The quantitative estimate of drug-likeness (QED) is 0.741. The van der Waals surface area contributed by atoms with Gasteiger partial charge in [-0.3, -0.25) is 0 Å². The molecule has 0 fully saturated rings. The van der Waals surface area contributed by atoms with E-state index >= 15 is 0 Å². The van der Waals surface area contributed by atoms with E-state index < -0.39 is 6.36 Å². The Kier molecular flexibility index (Phi) is 3.82. The first kappa shape index (κ1) is 12.4. The van der Waals surface area contributed by atoms with E-state index in [4.69, 9.17) is 4.74 Å². The second-order valence-electron chi connectivity index (χ2n) is 2.93. The highest BCUT2D eigenvalue weighted by Gasteiger charge is 2.31. The van der Waals surface area contributed by atoms with Crippen LogP contribution >= 0.6 is 0 Å². The minimum Gasteiger partial charge on any atom is -0.496 e. The number of hydrogen-bond donors (Lipinski definition) is 0. The summed E-state index contributed by atoms with van der Waals surface area (Å²) in [5, 5.41) is 0. The molecule has 1 aromatic rings. The van der Waals surface area contributed by atoms with E-state index in [0.717, 1.165) is 0 Å². The Morgan fingerprint density at radius 1 is 1.31 bits per heavy atom. The number of methoxy groups -OCH3 is 1. The van der Waals surface area contributed by atoms with Gasteiger partial charge >= 0.3 is 6.36 Å². The zero-order valence-electron chi connectivity index (χ0n) is 8.84. The maximum atomic E-state index is 12.0. The number of halogens is 3. The van der Waals surface area contributed by atoms with Gasteiger partial charge < -0.3 is 9.47 Å². The largest absolute Gasteiger partial charge is 0.573 e. The molecule has 0 radical (unpaired) electrons. The maximum Gasteiger partial charge on any atom is 0.573 e. The normalized spacial score (nSPS) is 12.4. The lowest BCUT2D eigenvalue weighted by Gasteiger charge is -2.11. The number of hydrogen-bond acceptors (Lipinski definition) is 2. The van der Waals surface area contributed by atoms with Crippen LogP contribution in [0.15, 0.2) is 30.3 Å². The smallest absolute Gasteiger partial charge is 0.496 e. The van der Waals surface area contributed by atoms with E-state index in [1.54, 1.807) is 19.1 Å². The summed E-state index contributed by atoms with van der Waals surface area (Å²) in [5.41, 5.74) is 0.534. The molecule has 5 heteroatoms. The molecule has 0 bridgehead atoms. The molecule has 88 valence electrons. The van der Waals surface area contributed by atoms with E-state index in [1.807, 2.05) is 0 Å². The number of allylic oxidation sites excluding steroid dienone is 1. The molecule has 0 aliphatic carbocycles. The molecule has 1 aromatic carbocycles. The van der Waals surface area contributed by atoms with Crippen molar-refractivity contribution in [3.8, 4) is 5.75 Å². The van der Waals surface area contributed by atoms with E-state index in [1.165, 1.54) is 25.3 Å². The Morgan fingerprint density at radius 2 is 2.00 bits per heavy atom. The second-order valence-corrected chi connectivity index (χ2v) is 2.93. The van der Waals surface area contributed by atoms with Gasteiger partial charge in [-0.2, -0.15) is 0 Å². The van der Waals surface area contributed by atoms with Crippen LogP contribution in [0, 0.1) is 0 Å². The van der Waals surface area contributed by atoms with Crippen molar-refractivity contribution in [1.82, 2.24) is 0 Å². The fraction of sp³-hybridized carbons (Fsp3) is 0.273. The Balaban J connectivity index is 2.95. The average molecular weight is 232 g/mol. The highest BCUT2D eigenvalue weighted by Crippen LogP contribution is 2.25. The van der Waals surface area contributed by atoms with Crippen LogP contribution in [0.5, 0.6) is 5.75 Å². The Hall–Kier alpha value is -1.65. The highest BCUT2D eigenvalue weighted by molar-refractivity contribution is 5.60. The third-order valence-corrected chi connectivity index (χ3v) is 1.83. The molecule has 0 heterocycles. The molecule has 0 unspecified atom stereocenters. The molecular formula is C11H11F3O2. The van der Waals surface area contributed by atoms with Gasteiger partial charge in [0.25, 0.3) is 0 Å². The lowest BCUT2D eigenvalue weighted by molar-refractivity contribution is -0.274. The van der Waals surface area contributed by atoms with E-state index in [2.05, 4.69) is 4.74 Å². The van der Waals surface area contributed by atoms with E-state index in [9.17, 15) is 13.2 Å². The average Bonchev–Trinajstić information content (AvgIpc) is 2.17. The molecule has 2 nitrogen and oxygen atoms in total. The van der Waals surface area contributed by atoms with Crippen molar-refractivity contribution in [2.24, 2.45) is 0 Å². The lowest BCUT2D eigenvalue weighted by atomic mass is 10.2. The first-order chi connectivity index (χ1) is 7.46. The molecule has 0 N–H and O–H groups in total. The Morgan fingerprint density at radius 3 is 2.50 bits per heavy atom. The van der Waals surface area contributed by atoms with Crippen LogP contribution in [-0.2, 0) is 4.74 Å². The minimum atomic E-state index is -4.68. The van der Waals surface area contributed by atoms with Crippen molar-refractivity contribution in [3.63, 3.8) is 0 Å². The van der Waals surface area contributed by atoms with Gasteiger partial charge in [0.05, 0.1) is 7.11 Å². The standard InChI is InChI=1S/C11H11F3O2/c1-3-10(15-2)8-5-4-6-9(7-8)16-11(12,13)14/h3-7H,1-2H3. The molecule has 16 heavy (non-hydrogen) atoms. The molecule has 0 spiro atoms. The van der Waals surface area contributed by atoms with Crippen molar-refractivity contribution in [3.05, 3.63) is 35.9 Å². The van der Waals surface area contributed by atoms with Crippen molar-refractivity contribution >= 4 is 5.76 Å². The molecule has 0 saturated heterocycles. The fourth-order valence-electron chi connectivity index (χ4n) is 1.25. The summed E-state index contributed by atoms with van der Waals surface area (Å²) in [4.78, 5) is 0. The van der Waals surface area contributed by atoms with Crippen LogP contribution in [0.2, 0.25) is 0 Å². The second kappa shape index (κ2) is 4.92. The summed E-state index contributed by atoms with van der Waals surface area (Å²) in [6.07, 6.45) is -3.02. The SMILES string of the molecule is CC=C(OC)c1cccc(OC(F)(F)F)c1. The molecule has 0 aliphatic heterocycles. The third kappa shape index (κ3) is 3.49. The maximum absolute atomic E-state index is 12.0. The van der Waals surface area contributed by atoms with Crippen LogP contribution < -0.4 is 4.74 Å². The fourth-order valence-corrected chi connectivity index (χ4v) is 1.25. The first-order valence-electron chi connectivity index (χ1n) is 4.52. The van der Waals surface area contributed by atoms with Crippen molar-refractivity contribution in [1.29, 1.82) is 0 Å². The van der Waals surface area contributed by atoms with Crippen LogP contribution in [0.4, 0.5) is 13.2 Å². The molecule has 0 amide bonds. The summed E-state index contributed by atoms with van der Waals surface area (Å²) >= 11 is 0. The summed E-state index contributed by atoms with van der Waals surface area (Å²) in [6.45, 7) is 1.73. The Bertz CT molecular complexity index is 383. The van der Waals surface area contributed by atoms with Crippen molar-refractivity contribution in [2.75, 3.05) is 7.11 Å². The summed E-state index contributed by atoms with van der Waals surface area (Å²) < 4.78 is 44.7.